The van der Waals surface area contributed by atoms with E-state index in [4.69, 9.17) is 4.74 Å². The van der Waals surface area contributed by atoms with E-state index in [0.29, 0.717) is 19.6 Å². The fourth-order valence-corrected chi connectivity index (χ4v) is 2.59. The third-order valence-electron chi connectivity index (χ3n) is 3.62. The van der Waals surface area contributed by atoms with Gasteiger partial charge < -0.3 is 10.1 Å². The Morgan fingerprint density at radius 1 is 1.35 bits per heavy atom. The maximum absolute atomic E-state index is 12.7. The van der Waals surface area contributed by atoms with Gasteiger partial charge in [0.05, 0.1) is 12.5 Å². The van der Waals surface area contributed by atoms with Crippen LogP contribution < -0.4 is 5.32 Å². The van der Waals surface area contributed by atoms with Crippen molar-refractivity contribution < 1.29 is 17.9 Å². The summed E-state index contributed by atoms with van der Waals surface area (Å²) in [4.78, 5) is 0. The number of hydrogen-bond acceptors (Lipinski definition) is 2. The minimum absolute atomic E-state index is 0.0418. The first-order valence-electron chi connectivity index (χ1n) is 6.30. The second kappa shape index (κ2) is 6.59. The summed E-state index contributed by atoms with van der Waals surface area (Å²) in [5.41, 5.74) is 0. The van der Waals surface area contributed by atoms with Crippen LogP contribution in [0.1, 0.15) is 32.6 Å². The first-order valence-corrected chi connectivity index (χ1v) is 6.30. The Morgan fingerprint density at radius 2 is 2.06 bits per heavy atom. The number of rotatable bonds is 5. The zero-order valence-corrected chi connectivity index (χ0v) is 10.5. The molecule has 0 amide bonds. The van der Waals surface area contributed by atoms with E-state index in [0.717, 1.165) is 6.42 Å². The second-order valence-corrected chi connectivity index (χ2v) is 4.72. The molecule has 1 fully saturated rings. The highest BCUT2D eigenvalue weighted by atomic mass is 19.4. The van der Waals surface area contributed by atoms with Crippen LogP contribution in [0.2, 0.25) is 0 Å². The van der Waals surface area contributed by atoms with Crippen LogP contribution in [-0.4, -0.2) is 32.5 Å². The molecule has 0 saturated heterocycles. The van der Waals surface area contributed by atoms with E-state index in [1.807, 2.05) is 6.92 Å². The van der Waals surface area contributed by atoms with Crippen LogP contribution in [0.4, 0.5) is 13.2 Å². The number of alkyl halides is 3. The second-order valence-electron chi connectivity index (χ2n) is 4.72. The Balaban J connectivity index is 2.52. The molecule has 102 valence electrons. The van der Waals surface area contributed by atoms with Gasteiger partial charge in [-0.25, -0.2) is 0 Å². The molecule has 1 saturated carbocycles. The number of nitrogens with one attached hydrogen (secondary N) is 1. The molecule has 0 heterocycles. The van der Waals surface area contributed by atoms with Crippen LogP contribution in [-0.2, 0) is 4.74 Å². The van der Waals surface area contributed by atoms with E-state index in [2.05, 4.69) is 5.32 Å². The Kier molecular flexibility index (Phi) is 5.73. The van der Waals surface area contributed by atoms with E-state index >= 15 is 0 Å². The van der Waals surface area contributed by atoms with Gasteiger partial charge in [-0.2, -0.15) is 13.2 Å². The maximum Gasteiger partial charge on any atom is 0.391 e. The molecule has 17 heavy (non-hydrogen) atoms. The van der Waals surface area contributed by atoms with Gasteiger partial charge in [0.15, 0.2) is 0 Å². The summed E-state index contributed by atoms with van der Waals surface area (Å²) < 4.78 is 43.4. The van der Waals surface area contributed by atoms with Gasteiger partial charge in [0, 0.05) is 12.6 Å². The molecule has 5 heteroatoms. The summed E-state index contributed by atoms with van der Waals surface area (Å²) in [5, 5.41) is 3.09. The average Bonchev–Trinajstić information content (AvgIpc) is 2.29. The molecule has 0 aliphatic heterocycles. The van der Waals surface area contributed by atoms with Gasteiger partial charge in [0.25, 0.3) is 0 Å². The topological polar surface area (TPSA) is 21.3 Å². The van der Waals surface area contributed by atoms with E-state index in [-0.39, 0.29) is 24.8 Å². The number of ether oxygens (including phenoxy) is 1. The zero-order chi connectivity index (χ0) is 12.9. The molecule has 3 unspecified atom stereocenters. The van der Waals surface area contributed by atoms with Gasteiger partial charge in [0.1, 0.15) is 0 Å². The number of likely N-dealkylation sites (N-methyl/N-ethyl adjacent to an activating group) is 1. The van der Waals surface area contributed by atoms with Gasteiger partial charge in [-0.1, -0.05) is 6.42 Å². The van der Waals surface area contributed by atoms with Crippen molar-refractivity contribution in [3.63, 3.8) is 0 Å². The van der Waals surface area contributed by atoms with E-state index < -0.39 is 12.1 Å². The Hall–Kier alpha value is -0.290. The quantitative estimate of drug-likeness (QED) is 0.813. The molecular formula is C12H22F3NO. The van der Waals surface area contributed by atoms with Crippen molar-refractivity contribution in [2.75, 3.05) is 20.3 Å². The monoisotopic (exact) mass is 253 g/mol. The third-order valence-corrected chi connectivity index (χ3v) is 3.62. The van der Waals surface area contributed by atoms with E-state index in [1.54, 1.807) is 7.05 Å². The highest BCUT2D eigenvalue weighted by Gasteiger charge is 2.43. The molecule has 2 nitrogen and oxygen atoms in total. The van der Waals surface area contributed by atoms with Gasteiger partial charge >= 0.3 is 6.18 Å². The number of halogens is 3. The standard InChI is InChI=1S/C12H22F3NO/c1-3-17-8-11(16-2)9-5-4-6-10(7-9)12(13,14)15/h9-11,16H,3-8H2,1-2H3. The highest BCUT2D eigenvalue weighted by molar-refractivity contribution is 4.84. The van der Waals surface area contributed by atoms with Crippen molar-refractivity contribution in [3.8, 4) is 0 Å². The van der Waals surface area contributed by atoms with Crippen molar-refractivity contribution in [2.45, 2.75) is 44.8 Å². The average molecular weight is 253 g/mol. The molecule has 1 N–H and O–H groups in total. The predicted octanol–water partition coefficient (Wildman–Crippen LogP) is 2.98. The van der Waals surface area contributed by atoms with Crippen LogP contribution in [0.3, 0.4) is 0 Å². The molecule has 0 aromatic carbocycles. The lowest BCUT2D eigenvalue weighted by Crippen LogP contribution is -2.42. The lowest BCUT2D eigenvalue weighted by Gasteiger charge is -2.35. The van der Waals surface area contributed by atoms with Crippen molar-refractivity contribution in [3.05, 3.63) is 0 Å². The van der Waals surface area contributed by atoms with Crippen molar-refractivity contribution in [1.29, 1.82) is 0 Å². The van der Waals surface area contributed by atoms with Gasteiger partial charge in [-0.05, 0) is 39.2 Å². The summed E-state index contributed by atoms with van der Waals surface area (Å²) in [6, 6.07) is 0.0418. The molecule has 0 aromatic rings. The molecular weight excluding hydrogens is 231 g/mol. The normalized spacial score (nSPS) is 28.1. The maximum atomic E-state index is 12.7. The molecule has 1 aliphatic carbocycles. The lowest BCUT2D eigenvalue weighted by atomic mass is 9.77. The van der Waals surface area contributed by atoms with Crippen LogP contribution in [0, 0.1) is 11.8 Å². The first kappa shape index (κ1) is 14.8. The molecule has 1 rings (SSSR count). The third kappa shape index (κ3) is 4.47. The molecule has 1 aliphatic rings. The summed E-state index contributed by atoms with van der Waals surface area (Å²) in [6.07, 6.45) is -1.99. The van der Waals surface area contributed by atoms with Crippen LogP contribution in [0.5, 0.6) is 0 Å². The Bertz CT molecular complexity index is 220. The van der Waals surface area contributed by atoms with Crippen LogP contribution >= 0.6 is 0 Å². The summed E-state index contributed by atoms with van der Waals surface area (Å²) >= 11 is 0. The SMILES string of the molecule is CCOCC(NC)C1CCCC(C(F)(F)F)C1. The molecule has 0 aromatic heterocycles. The number of hydrogen-bond donors (Lipinski definition) is 1. The lowest BCUT2D eigenvalue weighted by molar-refractivity contribution is -0.187. The van der Waals surface area contributed by atoms with Crippen molar-refractivity contribution in [1.82, 2.24) is 5.32 Å². The van der Waals surface area contributed by atoms with Crippen molar-refractivity contribution in [2.24, 2.45) is 11.8 Å². The zero-order valence-electron chi connectivity index (χ0n) is 10.5. The van der Waals surface area contributed by atoms with E-state index in [1.165, 1.54) is 0 Å². The van der Waals surface area contributed by atoms with Crippen molar-refractivity contribution >= 4 is 0 Å². The smallest absolute Gasteiger partial charge is 0.380 e. The van der Waals surface area contributed by atoms with Gasteiger partial charge in [-0.3, -0.25) is 0 Å². The van der Waals surface area contributed by atoms with Gasteiger partial charge in [0.2, 0.25) is 0 Å². The minimum atomic E-state index is -4.04. The van der Waals surface area contributed by atoms with E-state index in [9.17, 15) is 13.2 Å². The summed E-state index contributed by atoms with van der Waals surface area (Å²) in [6.45, 7) is 3.00. The molecule has 3 atom stereocenters. The fourth-order valence-electron chi connectivity index (χ4n) is 2.59. The fraction of sp³-hybridized carbons (Fsp3) is 1.00. The summed E-state index contributed by atoms with van der Waals surface area (Å²) in [5.74, 6) is -1.05. The predicted molar refractivity (Wildman–Crippen MR) is 60.8 cm³/mol. The first-order chi connectivity index (χ1) is 7.99. The Morgan fingerprint density at radius 3 is 2.59 bits per heavy atom. The van der Waals surface area contributed by atoms with Crippen LogP contribution in [0.25, 0.3) is 0 Å². The largest absolute Gasteiger partial charge is 0.391 e. The van der Waals surface area contributed by atoms with Gasteiger partial charge in [-0.15, -0.1) is 0 Å². The highest BCUT2D eigenvalue weighted by Crippen LogP contribution is 2.40. The van der Waals surface area contributed by atoms with Crippen LogP contribution in [0.15, 0.2) is 0 Å². The Labute approximate surface area is 101 Å². The molecule has 0 spiro atoms. The molecule has 0 radical (unpaired) electrons. The summed E-state index contributed by atoms with van der Waals surface area (Å²) in [7, 11) is 1.79. The minimum Gasteiger partial charge on any atom is -0.380 e. The molecule has 0 bridgehead atoms.